The fraction of sp³-hybridized carbons (Fsp3) is 1.00. The maximum atomic E-state index is 3.41. The summed E-state index contributed by atoms with van der Waals surface area (Å²) in [5, 5.41) is 3.41. The van der Waals surface area contributed by atoms with E-state index < -0.39 is 0 Å². The molecule has 1 fully saturated rings. The molecule has 0 amide bonds. The van der Waals surface area contributed by atoms with E-state index in [9.17, 15) is 0 Å². The van der Waals surface area contributed by atoms with Gasteiger partial charge in [0.05, 0.1) is 0 Å². The Morgan fingerprint density at radius 2 is 1.78 bits per heavy atom. The molecule has 1 N–H and O–H groups in total. The molecule has 1 heterocycles. The van der Waals surface area contributed by atoms with Gasteiger partial charge in [0.25, 0.3) is 0 Å². The summed E-state index contributed by atoms with van der Waals surface area (Å²) in [6.45, 7) is 15.6. The molecule has 0 radical (unpaired) electrons. The summed E-state index contributed by atoms with van der Waals surface area (Å²) in [6.07, 6.45) is 3.95. The highest BCUT2D eigenvalue weighted by Crippen LogP contribution is 2.33. The number of rotatable bonds is 6. The molecule has 0 aromatic rings. The van der Waals surface area contributed by atoms with Gasteiger partial charge in [-0.15, -0.1) is 0 Å². The minimum atomic E-state index is 0.458. The van der Waals surface area contributed by atoms with E-state index in [2.05, 4.69) is 51.9 Å². The van der Waals surface area contributed by atoms with E-state index >= 15 is 0 Å². The van der Waals surface area contributed by atoms with E-state index in [4.69, 9.17) is 0 Å². The average Bonchev–Trinajstić information content (AvgIpc) is 2.34. The van der Waals surface area contributed by atoms with Crippen LogP contribution in [0.2, 0.25) is 0 Å². The van der Waals surface area contributed by atoms with Crippen LogP contribution < -0.4 is 5.32 Å². The molecule has 2 heteroatoms. The number of likely N-dealkylation sites (tertiary alicyclic amines) is 1. The van der Waals surface area contributed by atoms with E-state index in [0.717, 1.165) is 24.4 Å². The van der Waals surface area contributed by atoms with Crippen LogP contribution in [0.1, 0.15) is 53.9 Å². The maximum absolute atomic E-state index is 3.41. The first-order valence-corrected chi connectivity index (χ1v) is 7.86. The van der Waals surface area contributed by atoms with Crippen molar-refractivity contribution in [3.63, 3.8) is 0 Å². The van der Waals surface area contributed by atoms with Crippen molar-refractivity contribution in [3.05, 3.63) is 0 Å². The first kappa shape index (κ1) is 16.0. The van der Waals surface area contributed by atoms with E-state index in [1.54, 1.807) is 0 Å². The summed E-state index contributed by atoms with van der Waals surface area (Å²) >= 11 is 0. The molecule has 0 spiro atoms. The molecule has 108 valence electrons. The highest BCUT2D eigenvalue weighted by Gasteiger charge is 2.34. The second-order valence-corrected chi connectivity index (χ2v) is 6.73. The summed E-state index contributed by atoms with van der Waals surface area (Å²) in [4.78, 5) is 2.75. The molecule has 3 atom stereocenters. The van der Waals surface area contributed by atoms with Crippen molar-refractivity contribution in [2.24, 2.45) is 17.3 Å². The first-order valence-electron chi connectivity index (χ1n) is 7.86. The zero-order chi connectivity index (χ0) is 13.8. The standard InChI is InChI=1S/C16H34N2/c1-7-16(8-2,11-17-6)12-18-10-13(3)9-14(4)15(18)5/h13-15,17H,7-12H2,1-6H3. The Bertz CT molecular complexity index is 235. The van der Waals surface area contributed by atoms with Crippen LogP contribution in [0.15, 0.2) is 0 Å². The molecule has 1 aliphatic heterocycles. The van der Waals surface area contributed by atoms with Crippen molar-refractivity contribution in [1.82, 2.24) is 10.2 Å². The van der Waals surface area contributed by atoms with Crippen LogP contribution in [0.4, 0.5) is 0 Å². The van der Waals surface area contributed by atoms with Gasteiger partial charge < -0.3 is 5.32 Å². The van der Waals surface area contributed by atoms with E-state index in [-0.39, 0.29) is 0 Å². The van der Waals surface area contributed by atoms with Crippen LogP contribution in [-0.2, 0) is 0 Å². The number of hydrogen-bond donors (Lipinski definition) is 1. The highest BCUT2D eigenvalue weighted by atomic mass is 15.2. The minimum Gasteiger partial charge on any atom is -0.319 e. The van der Waals surface area contributed by atoms with Gasteiger partial charge in [0, 0.05) is 25.7 Å². The first-order chi connectivity index (χ1) is 8.48. The van der Waals surface area contributed by atoms with Crippen LogP contribution >= 0.6 is 0 Å². The van der Waals surface area contributed by atoms with Gasteiger partial charge in [0.1, 0.15) is 0 Å². The van der Waals surface area contributed by atoms with Gasteiger partial charge >= 0.3 is 0 Å². The Kier molecular flexibility index (Phi) is 6.13. The molecule has 0 aromatic heterocycles. The molecule has 0 aliphatic carbocycles. The minimum absolute atomic E-state index is 0.458. The Balaban J connectivity index is 2.72. The molecule has 1 saturated heterocycles. The molecule has 3 unspecified atom stereocenters. The van der Waals surface area contributed by atoms with E-state index in [0.29, 0.717) is 5.41 Å². The lowest BCUT2D eigenvalue weighted by Gasteiger charge is -2.46. The van der Waals surface area contributed by atoms with Crippen molar-refractivity contribution in [1.29, 1.82) is 0 Å². The topological polar surface area (TPSA) is 15.3 Å². The number of hydrogen-bond acceptors (Lipinski definition) is 2. The summed E-state index contributed by atoms with van der Waals surface area (Å²) in [7, 11) is 2.09. The molecule has 0 bridgehead atoms. The second kappa shape index (κ2) is 6.91. The van der Waals surface area contributed by atoms with Crippen LogP contribution in [0.5, 0.6) is 0 Å². The SMILES string of the molecule is CCC(CC)(CNC)CN1CC(C)CC(C)C1C. The predicted octanol–water partition coefficient (Wildman–Crippen LogP) is 3.38. The molecule has 1 aliphatic rings. The summed E-state index contributed by atoms with van der Waals surface area (Å²) < 4.78 is 0. The monoisotopic (exact) mass is 254 g/mol. The fourth-order valence-electron chi connectivity index (χ4n) is 3.63. The largest absolute Gasteiger partial charge is 0.319 e. The third-order valence-electron chi connectivity index (χ3n) is 5.31. The molecule has 0 saturated carbocycles. The van der Waals surface area contributed by atoms with Crippen LogP contribution in [0.3, 0.4) is 0 Å². The van der Waals surface area contributed by atoms with Crippen LogP contribution in [-0.4, -0.2) is 37.6 Å². The summed E-state index contributed by atoms with van der Waals surface area (Å²) in [6, 6.07) is 0.746. The number of nitrogens with zero attached hydrogens (tertiary/aromatic N) is 1. The van der Waals surface area contributed by atoms with Gasteiger partial charge in [-0.3, -0.25) is 4.90 Å². The highest BCUT2D eigenvalue weighted by molar-refractivity contribution is 4.89. The Hall–Kier alpha value is -0.0800. The Labute approximate surface area is 115 Å². The van der Waals surface area contributed by atoms with Gasteiger partial charge in [0.15, 0.2) is 0 Å². The normalized spacial score (nSPS) is 30.7. The maximum Gasteiger partial charge on any atom is 0.00930 e. The molecular weight excluding hydrogens is 220 g/mol. The predicted molar refractivity (Wildman–Crippen MR) is 80.9 cm³/mol. The lowest BCUT2D eigenvalue weighted by molar-refractivity contribution is 0.0327. The lowest BCUT2D eigenvalue weighted by atomic mass is 9.78. The Morgan fingerprint density at radius 1 is 1.17 bits per heavy atom. The average molecular weight is 254 g/mol. The third kappa shape index (κ3) is 3.71. The lowest BCUT2D eigenvalue weighted by Crippen LogP contribution is -2.52. The number of nitrogens with one attached hydrogen (secondary N) is 1. The molecular formula is C16H34N2. The van der Waals surface area contributed by atoms with Crippen molar-refractivity contribution in [2.45, 2.75) is 59.9 Å². The van der Waals surface area contributed by atoms with Crippen molar-refractivity contribution in [2.75, 3.05) is 26.7 Å². The number of piperidine rings is 1. The molecule has 1 rings (SSSR count). The van der Waals surface area contributed by atoms with Crippen molar-refractivity contribution >= 4 is 0 Å². The van der Waals surface area contributed by atoms with Gasteiger partial charge in [-0.25, -0.2) is 0 Å². The summed E-state index contributed by atoms with van der Waals surface area (Å²) in [5.41, 5.74) is 0.458. The Morgan fingerprint density at radius 3 is 2.28 bits per heavy atom. The molecule has 18 heavy (non-hydrogen) atoms. The smallest absolute Gasteiger partial charge is 0.00930 e. The van der Waals surface area contributed by atoms with Gasteiger partial charge in [-0.05, 0) is 50.5 Å². The zero-order valence-corrected chi connectivity index (χ0v) is 13.4. The van der Waals surface area contributed by atoms with Crippen molar-refractivity contribution < 1.29 is 0 Å². The second-order valence-electron chi connectivity index (χ2n) is 6.73. The van der Waals surface area contributed by atoms with Crippen LogP contribution in [0, 0.1) is 17.3 Å². The zero-order valence-electron chi connectivity index (χ0n) is 13.4. The quantitative estimate of drug-likeness (QED) is 0.782. The van der Waals surface area contributed by atoms with E-state index in [1.807, 2.05) is 0 Å². The fourth-order valence-corrected chi connectivity index (χ4v) is 3.63. The van der Waals surface area contributed by atoms with Gasteiger partial charge in [0.2, 0.25) is 0 Å². The molecule has 2 nitrogen and oxygen atoms in total. The van der Waals surface area contributed by atoms with Gasteiger partial charge in [-0.1, -0.05) is 27.7 Å². The molecule has 0 aromatic carbocycles. The van der Waals surface area contributed by atoms with E-state index in [1.165, 1.54) is 32.4 Å². The van der Waals surface area contributed by atoms with Crippen molar-refractivity contribution in [3.8, 4) is 0 Å². The van der Waals surface area contributed by atoms with Crippen LogP contribution in [0.25, 0.3) is 0 Å². The van der Waals surface area contributed by atoms with Gasteiger partial charge in [-0.2, -0.15) is 0 Å². The third-order valence-corrected chi connectivity index (χ3v) is 5.31. The summed E-state index contributed by atoms with van der Waals surface area (Å²) in [5.74, 6) is 1.70.